The molecular weight excluding hydrogens is 527 g/mol. The lowest BCUT2D eigenvalue weighted by atomic mass is 9.57. The van der Waals surface area contributed by atoms with Gasteiger partial charge in [-0.3, -0.25) is 0 Å². The molecule has 0 amide bonds. The Bertz CT molecular complexity index is 2820. The van der Waals surface area contributed by atoms with E-state index in [4.69, 9.17) is 8.83 Å². The van der Waals surface area contributed by atoms with E-state index < -0.39 is 0 Å². The quantitative estimate of drug-likeness (QED) is 0.214. The maximum Gasteiger partial charge on any atom is 0.192 e. The molecule has 0 atom stereocenters. The molecule has 5 aromatic carbocycles. The van der Waals surface area contributed by atoms with E-state index in [0.717, 1.165) is 67.9 Å². The van der Waals surface area contributed by atoms with Crippen LogP contribution in [0, 0.1) is 0 Å². The number of aromatic nitrogens is 2. The maximum absolute atomic E-state index is 6.55. The van der Waals surface area contributed by atoms with Crippen molar-refractivity contribution in [2.45, 2.75) is 12.8 Å². The Morgan fingerprint density at radius 1 is 0.698 bits per heavy atom. The molecular formula is C38H22BN2O2. The van der Waals surface area contributed by atoms with E-state index in [2.05, 4.69) is 108 Å². The Morgan fingerprint density at radius 2 is 1.44 bits per heavy atom. The average Bonchev–Trinajstić information content (AvgIpc) is 3.79. The Morgan fingerprint density at radius 3 is 2.35 bits per heavy atom. The molecule has 0 fully saturated rings. The molecule has 0 saturated heterocycles. The molecule has 1 radical (unpaired) electrons. The molecule has 43 heavy (non-hydrogen) atoms. The van der Waals surface area contributed by atoms with E-state index in [1.54, 1.807) is 0 Å². The van der Waals surface area contributed by atoms with Gasteiger partial charge in [-0.25, -0.2) is 0 Å². The fourth-order valence-electron chi connectivity index (χ4n) is 7.87. The molecule has 11 rings (SSSR count). The number of para-hydroxylation sites is 3. The summed E-state index contributed by atoms with van der Waals surface area (Å²) >= 11 is 0. The van der Waals surface area contributed by atoms with Crippen molar-refractivity contribution in [1.82, 2.24) is 9.55 Å². The highest BCUT2D eigenvalue weighted by molar-refractivity contribution is 6.74. The zero-order valence-electron chi connectivity index (χ0n) is 23.1. The van der Waals surface area contributed by atoms with Gasteiger partial charge < -0.3 is 18.4 Å². The number of nitrogens with one attached hydrogen (secondary N) is 1. The summed E-state index contributed by atoms with van der Waals surface area (Å²) < 4.78 is 15.4. The average molecular weight is 549 g/mol. The van der Waals surface area contributed by atoms with Crippen LogP contribution in [0.15, 0.2) is 106 Å². The van der Waals surface area contributed by atoms with E-state index in [0.29, 0.717) is 0 Å². The number of furan rings is 2. The summed E-state index contributed by atoms with van der Waals surface area (Å²) in [7, 11) is 2.45. The number of hydrogen-bond acceptors (Lipinski definition) is 2. The normalized spacial score (nSPS) is 14.2. The van der Waals surface area contributed by atoms with Crippen LogP contribution in [0.4, 0.5) is 0 Å². The maximum atomic E-state index is 6.55. The topological polar surface area (TPSA) is 47.0 Å². The van der Waals surface area contributed by atoms with Crippen LogP contribution in [0.1, 0.15) is 12.8 Å². The second-order valence-electron chi connectivity index (χ2n) is 11.8. The summed E-state index contributed by atoms with van der Waals surface area (Å²) in [5.74, 6) is 0. The predicted molar refractivity (Wildman–Crippen MR) is 177 cm³/mol. The SMILES string of the molecule is [B]1C2=c3c(c4oc5ccccc5c4n3-c3cc4ccccc4c(-c4cccc5c4[nH]c4c6ccccc6oc54)c31)=CCC2. The van der Waals surface area contributed by atoms with Gasteiger partial charge in [-0.05, 0) is 71.0 Å². The van der Waals surface area contributed by atoms with Gasteiger partial charge >= 0.3 is 0 Å². The van der Waals surface area contributed by atoms with Crippen molar-refractivity contribution >= 4 is 90.1 Å². The molecule has 5 heteroatoms. The zero-order chi connectivity index (χ0) is 27.8. The smallest absolute Gasteiger partial charge is 0.192 e. The molecule has 0 unspecified atom stereocenters. The van der Waals surface area contributed by atoms with E-state index >= 15 is 0 Å². The largest absolute Gasteiger partial charge is 0.454 e. The first kappa shape index (κ1) is 22.2. The first-order valence-electron chi connectivity index (χ1n) is 14.9. The van der Waals surface area contributed by atoms with Gasteiger partial charge in [0.25, 0.3) is 0 Å². The van der Waals surface area contributed by atoms with Gasteiger partial charge in [-0.15, -0.1) is 0 Å². The molecule has 4 nitrogen and oxygen atoms in total. The van der Waals surface area contributed by atoms with Crippen LogP contribution in [0.5, 0.6) is 0 Å². The summed E-state index contributed by atoms with van der Waals surface area (Å²) in [5, 5.41) is 8.33. The van der Waals surface area contributed by atoms with Crippen molar-refractivity contribution in [3.8, 4) is 16.8 Å². The van der Waals surface area contributed by atoms with E-state index in [9.17, 15) is 0 Å². The van der Waals surface area contributed by atoms with Gasteiger partial charge in [-0.1, -0.05) is 72.2 Å². The first-order valence-corrected chi connectivity index (χ1v) is 14.9. The highest BCUT2D eigenvalue weighted by atomic mass is 16.3. The van der Waals surface area contributed by atoms with Gasteiger partial charge in [0, 0.05) is 38.0 Å². The third-order valence-electron chi connectivity index (χ3n) is 9.63. The fourth-order valence-corrected chi connectivity index (χ4v) is 7.87. The van der Waals surface area contributed by atoms with Crippen molar-refractivity contribution < 1.29 is 8.83 Å². The number of nitrogens with zero attached hydrogens (tertiary/aromatic N) is 1. The van der Waals surface area contributed by atoms with Gasteiger partial charge in [0.15, 0.2) is 18.4 Å². The highest BCUT2D eigenvalue weighted by Gasteiger charge is 2.30. The summed E-state index contributed by atoms with van der Waals surface area (Å²) in [6.45, 7) is 0. The summed E-state index contributed by atoms with van der Waals surface area (Å²) in [6, 6.07) is 34.4. The number of hydrogen-bond donors (Lipinski definition) is 1. The number of H-pyrrole nitrogens is 1. The second-order valence-corrected chi connectivity index (χ2v) is 11.8. The molecule has 0 bridgehead atoms. The standard InChI is InChI=1S/C38H22BN2O2/c1-2-10-21-20(9-1)19-28-32(31(21)24-13-7-14-25-33(24)40-34-22-11-3-5-17-29(22)42-37(25)34)39-27-16-8-15-26-35(27)41(28)36-23-12-4-6-18-30(23)43-38(26)36/h1-7,9-15,17-19,40H,8,16H2. The number of rotatable bonds is 1. The predicted octanol–water partition coefficient (Wildman–Crippen LogP) is 7.60. The number of aromatic amines is 1. The van der Waals surface area contributed by atoms with E-state index in [1.165, 1.54) is 49.1 Å². The van der Waals surface area contributed by atoms with Gasteiger partial charge in [0.05, 0.1) is 11.0 Å². The minimum atomic E-state index is 0.907. The molecule has 2 aliphatic rings. The summed E-state index contributed by atoms with van der Waals surface area (Å²) in [6.07, 6.45) is 4.37. The Labute approximate surface area is 245 Å². The second kappa shape index (κ2) is 7.70. The Kier molecular flexibility index (Phi) is 3.98. The lowest BCUT2D eigenvalue weighted by molar-refractivity contribution is 0.666. The summed E-state index contributed by atoms with van der Waals surface area (Å²) in [5.41, 5.74) is 13.3. The fraction of sp³-hybridized carbons (Fsp3) is 0.0526. The minimum absolute atomic E-state index is 0.907. The van der Waals surface area contributed by atoms with Crippen LogP contribution in [-0.4, -0.2) is 16.8 Å². The van der Waals surface area contributed by atoms with Crippen molar-refractivity contribution in [3.05, 3.63) is 108 Å². The van der Waals surface area contributed by atoms with Crippen LogP contribution in [0.25, 0.3) is 94.2 Å². The zero-order valence-corrected chi connectivity index (χ0v) is 23.1. The number of fused-ring (bicyclic) bond motifs is 13. The van der Waals surface area contributed by atoms with Crippen molar-refractivity contribution in [2.75, 3.05) is 0 Å². The molecule has 0 spiro atoms. The van der Waals surface area contributed by atoms with Crippen molar-refractivity contribution in [1.29, 1.82) is 0 Å². The van der Waals surface area contributed by atoms with Crippen LogP contribution in [0.2, 0.25) is 0 Å². The van der Waals surface area contributed by atoms with Crippen molar-refractivity contribution in [3.63, 3.8) is 0 Å². The molecule has 5 heterocycles. The van der Waals surface area contributed by atoms with Crippen LogP contribution < -0.4 is 16.0 Å². The van der Waals surface area contributed by atoms with Crippen LogP contribution >= 0.6 is 0 Å². The lowest BCUT2D eigenvalue weighted by Crippen LogP contribution is -2.43. The molecule has 9 aromatic rings. The third kappa shape index (κ3) is 2.69. The molecule has 0 saturated carbocycles. The minimum Gasteiger partial charge on any atom is -0.454 e. The molecule has 1 aliphatic heterocycles. The van der Waals surface area contributed by atoms with Crippen LogP contribution in [0.3, 0.4) is 0 Å². The first-order chi connectivity index (χ1) is 21.3. The Balaban J connectivity index is 1.31. The highest BCUT2D eigenvalue weighted by Crippen LogP contribution is 2.41. The van der Waals surface area contributed by atoms with Crippen LogP contribution in [-0.2, 0) is 0 Å². The number of benzene rings is 5. The van der Waals surface area contributed by atoms with Crippen molar-refractivity contribution in [2.24, 2.45) is 0 Å². The molecule has 1 N–H and O–H groups in total. The third-order valence-corrected chi connectivity index (χ3v) is 9.63. The molecule has 1 aliphatic carbocycles. The van der Waals surface area contributed by atoms with Gasteiger partial charge in [0.2, 0.25) is 0 Å². The molecule has 199 valence electrons. The van der Waals surface area contributed by atoms with E-state index in [-0.39, 0.29) is 0 Å². The Hall–Kier alpha value is -5.42. The van der Waals surface area contributed by atoms with Gasteiger partial charge in [0.1, 0.15) is 16.7 Å². The molecule has 4 aromatic heterocycles. The van der Waals surface area contributed by atoms with E-state index in [1.807, 2.05) is 12.1 Å². The monoisotopic (exact) mass is 549 g/mol. The lowest BCUT2D eigenvalue weighted by Gasteiger charge is -2.26. The summed E-state index contributed by atoms with van der Waals surface area (Å²) in [4.78, 5) is 3.81. The van der Waals surface area contributed by atoms with Gasteiger partial charge in [-0.2, -0.15) is 0 Å².